The quantitative estimate of drug-likeness (QED) is 0.681. The summed E-state index contributed by atoms with van der Waals surface area (Å²) in [7, 11) is 3.94. The van der Waals surface area contributed by atoms with E-state index in [1.165, 1.54) is 0 Å². The van der Waals surface area contributed by atoms with E-state index in [-0.39, 0.29) is 5.91 Å². The van der Waals surface area contributed by atoms with Gasteiger partial charge in [0.25, 0.3) is 5.91 Å². The fraction of sp³-hybridized carbons (Fsp3) is 0.100. The molecule has 0 fully saturated rings. The Morgan fingerprint density at radius 1 is 1.00 bits per heavy atom. The molecule has 1 amide bonds. The molecule has 26 heavy (non-hydrogen) atoms. The summed E-state index contributed by atoms with van der Waals surface area (Å²) in [5, 5.41) is 6.66. The molecule has 0 atom stereocenters. The van der Waals surface area contributed by atoms with Gasteiger partial charge in [-0.05, 0) is 54.6 Å². The lowest BCUT2D eigenvalue weighted by Gasteiger charge is -2.13. The maximum atomic E-state index is 12.5. The molecule has 0 unspecified atom stereocenters. The van der Waals surface area contributed by atoms with Crippen molar-refractivity contribution in [2.24, 2.45) is 0 Å². The number of benzene rings is 2. The molecule has 0 saturated carbocycles. The summed E-state index contributed by atoms with van der Waals surface area (Å²) in [6.07, 6.45) is 1.59. The molecule has 2 aromatic carbocycles. The molecule has 3 aromatic rings. The number of anilines is 4. The van der Waals surface area contributed by atoms with E-state index in [4.69, 9.17) is 11.6 Å². The smallest absolute Gasteiger partial charge is 0.255 e. The number of carbonyl (C=O) groups excluding carboxylic acids is 1. The summed E-state index contributed by atoms with van der Waals surface area (Å²) in [5.41, 5.74) is 3.13. The summed E-state index contributed by atoms with van der Waals surface area (Å²) >= 11 is 5.99. The van der Waals surface area contributed by atoms with Crippen molar-refractivity contribution in [2.75, 3.05) is 29.6 Å². The number of carbonyl (C=O) groups is 1. The highest BCUT2D eigenvalue weighted by Gasteiger charge is 2.08. The largest absolute Gasteiger partial charge is 0.378 e. The average molecular weight is 367 g/mol. The Balaban J connectivity index is 1.71. The number of aromatic nitrogens is 1. The standard InChI is InChI=1S/C20H19ClN4O/c1-25(2)18-8-6-16(7-9-18)24-20(26)14-10-11-22-19(12-14)23-17-5-3-4-15(21)13-17/h3-13H,1-2H3,(H,22,23)(H,24,26). The Kier molecular flexibility index (Phi) is 5.39. The molecular weight excluding hydrogens is 348 g/mol. The van der Waals surface area contributed by atoms with Crippen LogP contribution >= 0.6 is 11.6 Å². The maximum Gasteiger partial charge on any atom is 0.255 e. The number of amides is 1. The van der Waals surface area contributed by atoms with Crippen molar-refractivity contribution in [3.8, 4) is 0 Å². The van der Waals surface area contributed by atoms with Crippen molar-refractivity contribution in [1.82, 2.24) is 4.98 Å². The molecular formula is C20H19ClN4O. The zero-order valence-electron chi connectivity index (χ0n) is 14.5. The van der Waals surface area contributed by atoms with Crippen LogP contribution in [0.2, 0.25) is 5.02 Å². The summed E-state index contributed by atoms with van der Waals surface area (Å²) in [5.74, 6) is 0.377. The predicted molar refractivity (Wildman–Crippen MR) is 108 cm³/mol. The van der Waals surface area contributed by atoms with Crippen LogP contribution in [0.3, 0.4) is 0 Å². The number of rotatable bonds is 5. The van der Waals surface area contributed by atoms with E-state index in [1.54, 1.807) is 30.5 Å². The second kappa shape index (κ2) is 7.89. The minimum absolute atomic E-state index is 0.195. The summed E-state index contributed by atoms with van der Waals surface area (Å²) in [4.78, 5) is 18.7. The number of nitrogens with one attached hydrogen (secondary N) is 2. The lowest BCUT2D eigenvalue weighted by Crippen LogP contribution is -2.13. The lowest BCUT2D eigenvalue weighted by molar-refractivity contribution is 0.102. The first-order valence-electron chi connectivity index (χ1n) is 8.09. The molecule has 1 heterocycles. The zero-order valence-corrected chi connectivity index (χ0v) is 15.3. The van der Waals surface area contributed by atoms with Gasteiger partial charge >= 0.3 is 0 Å². The van der Waals surface area contributed by atoms with E-state index in [0.717, 1.165) is 17.1 Å². The van der Waals surface area contributed by atoms with E-state index < -0.39 is 0 Å². The molecule has 0 aliphatic carbocycles. The van der Waals surface area contributed by atoms with E-state index in [9.17, 15) is 4.79 Å². The third kappa shape index (κ3) is 4.52. The van der Waals surface area contributed by atoms with Gasteiger partial charge in [-0.2, -0.15) is 0 Å². The van der Waals surface area contributed by atoms with E-state index in [1.807, 2.05) is 55.4 Å². The van der Waals surface area contributed by atoms with Gasteiger partial charge in [-0.15, -0.1) is 0 Å². The van der Waals surface area contributed by atoms with E-state index >= 15 is 0 Å². The molecule has 132 valence electrons. The van der Waals surface area contributed by atoms with Crippen LogP contribution in [0.1, 0.15) is 10.4 Å². The second-order valence-electron chi connectivity index (χ2n) is 5.96. The third-order valence-electron chi connectivity index (χ3n) is 3.76. The highest BCUT2D eigenvalue weighted by molar-refractivity contribution is 6.30. The fourth-order valence-electron chi connectivity index (χ4n) is 2.40. The molecule has 2 N–H and O–H groups in total. The van der Waals surface area contributed by atoms with Crippen LogP contribution in [0.25, 0.3) is 0 Å². The van der Waals surface area contributed by atoms with Gasteiger partial charge in [0.2, 0.25) is 0 Å². The summed E-state index contributed by atoms with van der Waals surface area (Å²) in [6.45, 7) is 0. The van der Waals surface area contributed by atoms with Gasteiger partial charge in [0, 0.05) is 47.9 Å². The Morgan fingerprint density at radius 3 is 2.46 bits per heavy atom. The van der Waals surface area contributed by atoms with Crippen LogP contribution in [0.5, 0.6) is 0 Å². The molecule has 0 aliphatic heterocycles. The first-order chi connectivity index (χ1) is 12.5. The van der Waals surface area contributed by atoms with Gasteiger partial charge in [-0.1, -0.05) is 17.7 Å². The number of pyridine rings is 1. The Bertz CT molecular complexity index is 910. The normalized spacial score (nSPS) is 10.3. The molecule has 0 radical (unpaired) electrons. The van der Waals surface area contributed by atoms with Crippen LogP contribution in [0.4, 0.5) is 22.9 Å². The Morgan fingerprint density at radius 2 is 1.77 bits per heavy atom. The van der Waals surface area contributed by atoms with Crippen molar-refractivity contribution in [2.45, 2.75) is 0 Å². The van der Waals surface area contributed by atoms with Gasteiger partial charge in [-0.3, -0.25) is 4.79 Å². The van der Waals surface area contributed by atoms with Gasteiger partial charge in [-0.25, -0.2) is 4.98 Å². The number of hydrogen-bond acceptors (Lipinski definition) is 4. The molecule has 0 bridgehead atoms. The Hall–Kier alpha value is -3.05. The average Bonchev–Trinajstić information content (AvgIpc) is 2.62. The van der Waals surface area contributed by atoms with Crippen LogP contribution in [-0.2, 0) is 0 Å². The topological polar surface area (TPSA) is 57.3 Å². The van der Waals surface area contributed by atoms with Crippen molar-refractivity contribution >= 4 is 40.4 Å². The van der Waals surface area contributed by atoms with E-state index in [0.29, 0.717) is 16.4 Å². The van der Waals surface area contributed by atoms with Crippen molar-refractivity contribution in [3.63, 3.8) is 0 Å². The van der Waals surface area contributed by atoms with Crippen LogP contribution in [0, 0.1) is 0 Å². The molecule has 0 spiro atoms. The van der Waals surface area contributed by atoms with Gasteiger partial charge in [0.15, 0.2) is 0 Å². The monoisotopic (exact) mass is 366 g/mol. The third-order valence-corrected chi connectivity index (χ3v) is 4.00. The molecule has 1 aromatic heterocycles. The Labute approximate surface area is 157 Å². The van der Waals surface area contributed by atoms with Crippen LogP contribution < -0.4 is 15.5 Å². The first kappa shape index (κ1) is 17.8. The van der Waals surface area contributed by atoms with E-state index in [2.05, 4.69) is 15.6 Å². The van der Waals surface area contributed by atoms with Crippen molar-refractivity contribution in [1.29, 1.82) is 0 Å². The molecule has 0 aliphatic rings. The predicted octanol–water partition coefficient (Wildman–Crippen LogP) is 4.80. The number of hydrogen-bond donors (Lipinski definition) is 2. The molecule has 6 heteroatoms. The molecule has 3 rings (SSSR count). The summed E-state index contributed by atoms with van der Waals surface area (Å²) < 4.78 is 0. The summed E-state index contributed by atoms with van der Waals surface area (Å²) in [6, 6.07) is 18.3. The highest BCUT2D eigenvalue weighted by Crippen LogP contribution is 2.20. The lowest BCUT2D eigenvalue weighted by atomic mass is 10.2. The van der Waals surface area contributed by atoms with Gasteiger partial charge in [0.05, 0.1) is 0 Å². The minimum Gasteiger partial charge on any atom is -0.378 e. The van der Waals surface area contributed by atoms with Gasteiger partial charge in [0.1, 0.15) is 5.82 Å². The first-order valence-corrected chi connectivity index (χ1v) is 8.46. The zero-order chi connectivity index (χ0) is 18.5. The fourth-order valence-corrected chi connectivity index (χ4v) is 2.59. The minimum atomic E-state index is -0.195. The van der Waals surface area contributed by atoms with Crippen LogP contribution in [-0.4, -0.2) is 25.0 Å². The van der Waals surface area contributed by atoms with Crippen molar-refractivity contribution < 1.29 is 4.79 Å². The van der Waals surface area contributed by atoms with Crippen LogP contribution in [0.15, 0.2) is 66.9 Å². The second-order valence-corrected chi connectivity index (χ2v) is 6.40. The number of nitrogens with zero attached hydrogens (tertiary/aromatic N) is 2. The van der Waals surface area contributed by atoms with Gasteiger partial charge < -0.3 is 15.5 Å². The number of halogens is 1. The highest BCUT2D eigenvalue weighted by atomic mass is 35.5. The molecule has 5 nitrogen and oxygen atoms in total. The maximum absolute atomic E-state index is 12.5. The SMILES string of the molecule is CN(C)c1ccc(NC(=O)c2ccnc(Nc3cccc(Cl)c3)c2)cc1. The molecule has 0 saturated heterocycles. The van der Waals surface area contributed by atoms with Crippen molar-refractivity contribution in [3.05, 3.63) is 77.4 Å².